The number of rotatable bonds is 2. The van der Waals surface area contributed by atoms with E-state index in [0.29, 0.717) is 11.3 Å². The first-order valence-corrected chi connectivity index (χ1v) is 4.26. The van der Waals surface area contributed by atoms with Crippen LogP contribution in [0.5, 0.6) is 5.75 Å². The van der Waals surface area contributed by atoms with Gasteiger partial charge in [-0.15, -0.1) is 0 Å². The molecule has 0 aliphatic rings. The van der Waals surface area contributed by atoms with E-state index in [2.05, 4.69) is 4.98 Å². The number of methoxy groups -OCH3 is 1. The number of ether oxygens (including phenoxy) is 1. The van der Waals surface area contributed by atoms with Gasteiger partial charge in [0.2, 0.25) is 0 Å². The summed E-state index contributed by atoms with van der Waals surface area (Å²) < 4.78 is 5.07. The molecule has 1 N–H and O–H groups in total. The highest BCUT2D eigenvalue weighted by Gasteiger charge is 2.24. The third-order valence-electron chi connectivity index (χ3n) is 1.70. The molecule has 0 amide bonds. The molecule has 4 heteroatoms. The van der Waals surface area contributed by atoms with Crippen molar-refractivity contribution < 1.29 is 9.84 Å². The van der Waals surface area contributed by atoms with Gasteiger partial charge in [-0.1, -0.05) is 11.6 Å². The van der Waals surface area contributed by atoms with E-state index in [1.54, 1.807) is 19.9 Å². The molecule has 0 fully saturated rings. The second kappa shape index (κ2) is 3.52. The zero-order chi connectivity index (χ0) is 10.1. The quantitative estimate of drug-likeness (QED) is 0.744. The number of hydrogen-bond donors (Lipinski definition) is 1. The highest BCUT2D eigenvalue weighted by molar-refractivity contribution is 6.30. The molecule has 0 radical (unpaired) electrons. The molecular formula is C9H12ClNO2. The van der Waals surface area contributed by atoms with Gasteiger partial charge < -0.3 is 9.84 Å². The molecular weight excluding hydrogens is 190 g/mol. The Morgan fingerprint density at radius 3 is 2.54 bits per heavy atom. The molecule has 3 nitrogen and oxygen atoms in total. The molecule has 0 unspecified atom stereocenters. The van der Waals surface area contributed by atoms with E-state index < -0.39 is 5.60 Å². The summed E-state index contributed by atoms with van der Waals surface area (Å²) >= 11 is 5.84. The van der Waals surface area contributed by atoms with Crippen LogP contribution in [0.2, 0.25) is 5.15 Å². The van der Waals surface area contributed by atoms with E-state index in [-0.39, 0.29) is 5.15 Å². The molecule has 0 aromatic carbocycles. The third kappa shape index (κ3) is 2.11. The molecule has 1 rings (SSSR count). The number of aromatic nitrogens is 1. The molecule has 0 aliphatic carbocycles. The van der Waals surface area contributed by atoms with Crippen molar-refractivity contribution >= 4 is 11.6 Å². The largest absolute Gasteiger partial charge is 0.496 e. The second-order valence-corrected chi connectivity index (χ2v) is 3.60. The molecule has 1 aromatic heterocycles. The molecule has 0 bridgehead atoms. The molecule has 72 valence electrons. The van der Waals surface area contributed by atoms with Crippen molar-refractivity contribution in [1.82, 2.24) is 4.98 Å². The molecule has 1 aromatic rings. The van der Waals surface area contributed by atoms with Crippen LogP contribution < -0.4 is 4.74 Å². The second-order valence-electron chi connectivity index (χ2n) is 3.24. The van der Waals surface area contributed by atoms with Crippen LogP contribution in [0, 0.1) is 0 Å². The Morgan fingerprint density at radius 1 is 1.54 bits per heavy atom. The first-order valence-electron chi connectivity index (χ1n) is 3.88. The lowest BCUT2D eigenvalue weighted by Crippen LogP contribution is -2.18. The van der Waals surface area contributed by atoms with Gasteiger partial charge in [0, 0.05) is 6.20 Å². The minimum absolute atomic E-state index is 0.270. The van der Waals surface area contributed by atoms with Crippen molar-refractivity contribution in [3.8, 4) is 5.75 Å². The van der Waals surface area contributed by atoms with E-state index in [4.69, 9.17) is 16.3 Å². The first-order chi connectivity index (χ1) is 5.96. The average molecular weight is 202 g/mol. The van der Waals surface area contributed by atoms with Crippen LogP contribution in [0.25, 0.3) is 0 Å². The fourth-order valence-corrected chi connectivity index (χ4v) is 1.52. The van der Waals surface area contributed by atoms with Crippen LogP contribution in [-0.2, 0) is 5.60 Å². The van der Waals surface area contributed by atoms with Crippen molar-refractivity contribution in [2.45, 2.75) is 19.4 Å². The fourth-order valence-electron chi connectivity index (χ4n) is 1.14. The Hall–Kier alpha value is -0.800. The van der Waals surface area contributed by atoms with E-state index in [0.717, 1.165) is 0 Å². The summed E-state index contributed by atoms with van der Waals surface area (Å²) in [6.45, 7) is 3.27. The minimum atomic E-state index is -1.04. The van der Waals surface area contributed by atoms with Gasteiger partial charge in [0.05, 0.1) is 18.3 Å². The van der Waals surface area contributed by atoms with E-state index in [1.807, 2.05) is 0 Å². The lowest BCUT2D eigenvalue weighted by molar-refractivity contribution is 0.0754. The predicted octanol–water partition coefficient (Wildman–Crippen LogP) is 1.97. The molecule has 0 aliphatic heterocycles. The summed E-state index contributed by atoms with van der Waals surface area (Å²) in [7, 11) is 1.53. The van der Waals surface area contributed by atoms with E-state index in [9.17, 15) is 5.11 Å². The average Bonchev–Trinajstić information content (AvgIpc) is 2.01. The minimum Gasteiger partial charge on any atom is -0.496 e. The van der Waals surface area contributed by atoms with Gasteiger partial charge in [0.1, 0.15) is 10.9 Å². The lowest BCUT2D eigenvalue weighted by atomic mass is 9.99. The van der Waals surface area contributed by atoms with Gasteiger partial charge in [-0.3, -0.25) is 0 Å². The van der Waals surface area contributed by atoms with Crippen LogP contribution >= 0.6 is 11.6 Å². The summed E-state index contributed by atoms with van der Waals surface area (Å²) in [4.78, 5) is 3.88. The van der Waals surface area contributed by atoms with Gasteiger partial charge >= 0.3 is 0 Å². The molecule has 0 spiro atoms. The van der Waals surface area contributed by atoms with E-state index >= 15 is 0 Å². The van der Waals surface area contributed by atoms with Crippen LogP contribution in [0.4, 0.5) is 0 Å². The summed E-state index contributed by atoms with van der Waals surface area (Å²) in [5, 5.41) is 10.0. The Balaban J connectivity index is 3.32. The van der Waals surface area contributed by atoms with Crippen LogP contribution in [0.1, 0.15) is 19.4 Å². The Kier molecular flexibility index (Phi) is 2.78. The predicted molar refractivity (Wildman–Crippen MR) is 51.0 cm³/mol. The van der Waals surface area contributed by atoms with Gasteiger partial charge in [0.15, 0.2) is 0 Å². The smallest absolute Gasteiger partial charge is 0.138 e. The van der Waals surface area contributed by atoms with Crippen molar-refractivity contribution in [2.75, 3.05) is 7.11 Å². The third-order valence-corrected chi connectivity index (χ3v) is 1.98. The zero-order valence-electron chi connectivity index (χ0n) is 7.84. The Morgan fingerprint density at radius 2 is 2.15 bits per heavy atom. The van der Waals surface area contributed by atoms with Crippen LogP contribution in [0.3, 0.4) is 0 Å². The maximum atomic E-state index is 9.78. The maximum Gasteiger partial charge on any atom is 0.138 e. The Bertz CT molecular complexity index is 307. The molecule has 0 atom stereocenters. The van der Waals surface area contributed by atoms with Gasteiger partial charge in [-0.25, -0.2) is 4.98 Å². The van der Waals surface area contributed by atoms with Crippen molar-refractivity contribution in [1.29, 1.82) is 0 Å². The standard InChI is InChI=1S/C9H12ClNO2/c1-9(2,12)7-6(13-3)4-5-11-8(7)10/h4-5,12H,1-3H3. The summed E-state index contributed by atoms with van der Waals surface area (Å²) in [6, 6.07) is 1.67. The summed E-state index contributed by atoms with van der Waals surface area (Å²) in [5.41, 5.74) is -0.532. The molecule has 13 heavy (non-hydrogen) atoms. The summed E-state index contributed by atoms with van der Waals surface area (Å²) in [6.07, 6.45) is 1.54. The monoisotopic (exact) mass is 201 g/mol. The first kappa shape index (κ1) is 10.3. The summed E-state index contributed by atoms with van der Waals surface area (Å²) in [5.74, 6) is 0.549. The Labute approximate surface area is 82.3 Å². The fraction of sp³-hybridized carbons (Fsp3) is 0.444. The van der Waals surface area contributed by atoms with Gasteiger partial charge in [-0.2, -0.15) is 0 Å². The number of hydrogen-bond acceptors (Lipinski definition) is 3. The van der Waals surface area contributed by atoms with Gasteiger partial charge in [-0.05, 0) is 19.9 Å². The number of halogens is 1. The van der Waals surface area contributed by atoms with Crippen molar-refractivity contribution in [2.24, 2.45) is 0 Å². The van der Waals surface area contributed by atoms with Crippen molar-refractivity contribution in [3.63, 3.8) is 0 Å². The van der Waals surface area contributed by atoms with E-state index in [1.165, 1.54) is 13.3 Å². The normalized spacial score (nSPS) is 11.5. The SMILES string of the molecule is COc1ccnc(Cl)c1C(C)(C)O. The number of nitrogens with zero attached hydrogens (tertiary/aromatic N) is 1. The highest BCUT2D eigenvalue weighted by atomic mass is 35.5. The maximum absolute atomic E-state index is 9.78. The number of aliphatic hydroxyl groups is 1. The topological polar surface area (TPSA) is 42.4 Å². The van der Waals surface area contributed by atoms with Crippen LogP contribution in [-0.4, -0.2) is 17.2 Å². The van der Waals surface area contributed by atoms with Crippen molar-refractivity contribution in [3.05, 3.63) is 23.0 Å². The van der Waals surface area contributed by atoms with Gasteiger partial charge in [0.25, 0.3) is 0 Å². The number of pyridine rings is 1. The molecule has 0 saturated carbocycles. The zero-order valence-corrected chi connectivity index (χ0v) is 8.59. The molecule has 0 saturated heterocycles. The lowest BCUT2D eigenvalue weighted by Gasteiger charge is -2.21. The molecule has 1 heterocycles. The highest BCUT2D eigenvalue weighted by Crippen LogP contribution is 2.33. The van der Waals surface area contributed by atoms with Crippen LogP contribution in [0.15, 0.2) is 12.3 Å².